The summed E-state index contributed by atoms with van der Waals surface area (Å²) < 4.78 is 4.98. The molecule has 2 aromatic carbocycles. The summed E-state index contributed by atoms with van der Waals surface area (Å²) in [7, 11) is 1.67. The van der Waals surface area contributed by atoms with Crippen molar-refractivity contribution in [1.82, 2.24) is 5.32 Å². The zero-order chi connectivity index (χ0) is 16.7. The maximum Gasteiger partial charge on any atom is 0.170 e. The lowest BCUT2D eigenvalue weighted by Gasteiger charge is -2.11. The van der Waals surface area contributed by atoms with E-state index in [0.717, 1.165) is 5.69 Å². The second-order valence-corrected chi connectivity index (χ2v) is 6.80. The number of ether oxygens (including phenoxy) is 1. The van der Waals surface area contributed by atoms with Gasteiger partial charge in [-0.3, -0.25) is 0 Å². The number of hydrogen-bond acceptors (Lipinski definition) is 3. The summed E-state index contributed by atoms with van der Waals surface area (Å²) >= 11 is 6.99. The van der Waals surface area contributed by atoms with Crippen LogP contribution in [-0.2, 0) is 4.74 Å². The third kappa shape index (κ3) is 5.86. The molecule has 0 amide bonds. The number of aryl methyl sites for hydroxylation is 2. The van der Waals surface area contributed by atoms with Crippen molar-refractivity contribution in [2.45, 2.75) is 23.6 Å². The molecule has 0 saturated carbocycles. The highest BCUT2D eigenvalue weighted by Crippen LogP contribution is 2.29. The van der Waals surface area contributed by atoms with Crippen molar-refractivity contribution < 1.29 is 4.74 Å². The minimum absolute atomic E-state index is 0.608. The Bertz CT molecular complexity index is 657. The van der Waals surface area contributed by atoms with Gasteiger partial charge in [-0.05, 0) is 73.6 Å². The third-order valence-corrected chi connectivity index (χ3v) is 4.66. The first-order valence-electron chi connectivity index (χ1n) is 7.47. The minimum Gasteiger partial charge on any atom is -0.383 e. The van der Waals surface area contributed by atoms with Gasteiger partial charge in [-0.15, -0.1) is 0 Å². The summed E-state index contributed by atoms with van der Waals surface area (Å²) in [4.78, 5) is 2.46. The van der Waals surface area contributed by atoms with Crippen LogP contribution < -0.4 is 10.6 Å². The van der Waals surface area contributed by atoms with E-state index in [1.54, 1.807) is 18.9 Å². The summed E-state index contributed by atoms with van der Waals surface area (Å²) in [6.45, 7) is 5.61. The highest BCUT2D eigenvalue weighted by molar-refractivity contribution is 7.99. The molecule has 0 aromatic heterocycles. The molecule has 23 heavy (non-hydrogen) atoms. The van der Waals surface area contributed by atoms with Crippen LogP contribution in [0.25, 0.3) is 0 Å². The molecule has 5 heteroatoms. The average Bonchev–Trinajstić information content (AvgIpc) is 2.53. The van der Waals surface area contributed by atoms with Gasteiger partial charge in [-0.25, -0.2) is 0 Å². The summed E-state index contributed by atoms with van der Waals surface area (Å²) in [6.07, 6.45) is 0. The van der Waals surface area contributed by atoms with Crippen molar-refractivity contribution in [3.05, 3.63) is 53.6 Å². The number of anilines is 1. The Balaban J connectivity index is 1.91. The first-order valence-corrected chi connectivity index (χ1v) is 8.70. The molecule has 0 radical (unpaired) electrons. The molecule has 0 aliphatic carbocycles. The molecule has 0 saturated heterocycles. The summed E-state index contributed by atoms with van der Waals surface area (Å²) in [5.74, 6) is 0. The summed E-state index contributed by atoms with van der Waals surface area (Å²) in [5, 5.41) is 6.86. The smallest absolute Gasteiger partial charge is 0.170 e. The van der Waals surface area contributed by atoms with Gasteiger partial charge >= 0.3 is 0 Å². The van der Waals surface area contributed by atoms with Crippen LogP contribution in [0.2, 0.25) is 0 Å². The molecule has 0 aliphatic heterocycles. The van der Waals surface area contributed by atoms with E-state index < -0.39 is 0 Å². The fourth-order valence-corrected chi connectivity index (χ4v) is 3.10. The molecule has 0 aliphatic rings. The molecule has 122 valence electrons. The fourth-order valence-electron chi connectivity index (χ4n) is 1.96. The largest absolute Gasteiger partial charge is 0.383 e. The van der Waals surface area contributed by atoms with Crippen LogP contribution >= 0.6 is 24.0 Å². The monoisotopic (exact) mass is 346 g/mol. The molecule has 2 N–H and O–H groups in total. The lowest BCUT2D eigenvalue weighted by Crippen LogP contribution is -2.31. The molecule has 2 rings (SSSR count). The Labute approximate surface area is 147 Å². The van der Waals surface area contributed by atoms with Gasteiger partial charge < -0.3 is 15.4 Å². The molecule has 0 spiro atoms. The average molecular weight is 347 g/mol. The van der Waals surface area contributed by atoms with Gasteiger partial charge in [0.05, 0.1) is 6.61 Å². The van der Waals surface area contributed by atoms with Crippen LogP contribution in [0, 0.1) is 13.8 Å². The molecule has 3 nitrogen and oxygen atoms in total. The van der Waals surface area contributed by atoms with E-state index >= 15 is 0 Å². The van der Waals surface area contributed by atoms with Gasteiger partial charge in [0.15, 0.2) is 5.11 Å². The lowest BCUT2D eigenvalue weighted by atomic mass is 10.1. The Morgan fingerprint density at radius 1 is 1.04 bits per heavy atom. The van der Waals surface area contributed by atoms with E-state index in [4.69, 9.17) is 17.0 Å². The van der Waals surface area contributed by atoms with Gasteiger partial charge in [0.25, 0.3) is 0 Å². The second-order valence-electron chi connectivity index (χ2n) is 5.25. The van der Waals surface area contributed by atoms with Gasteiger partial charge in [0.1, 0.15) is 0 Å². The van der Waals surface area contributed by atoms with Crippen LogP contribution in [0.1, 0.15) is 11.1 Å². The zero-order valence-corrected chi connectivity index (χ0v) is 15.3. The van der Waals surface area contributed by atoms with Crippen molar-refractivity contribution >= 4 is 34.8 Å². The predicted octanol–water partition coefficient (Wildman–Crippen LogP) is 4.39. The van der Waals surface area contributed by atoms with E-state index in [2.05, 4.69) is 54.8 Å². The van der Waals surface area contributed by atoms with Crippen molar-refractivity contribution in [2.75, 3.05) is 25.6 Å². The summed E-state index contributed by atoms with van der Waals surface area (Å²) in [6, 6.07) is 14.8. The number of hydrogen-bond donors (Lipinski definition) is 2. The van der Waals surface area contributed by atoms with Crippen LogP contribution in [0.15, 0.2) is 52.3 Å². The highest BCUT2D eigenvalue weighted by Gasteiger charge is 2.01. The van der Waals surface area contributed by atoms with Gasteiger partial charge in [-0.2, -0.15) is 0 Å². The molecular formula is C18H22N2OS2. The van der Waals surface area contributed by atoms with E-state index in [1.807, 2.05) is 12.1 Å². The SMILES string of the molecule is COCCNC(=S)Nc1ccc(Sc2ccc(C)c(C)c2)cc1. The first-order chi connectivity index (χ1) is 11.1. The van der Waals surface area contributed by atoms with E-state index in [9.17, 15) is 0 Å². The lowest BCUT2D eigenvalue weighted by molar-refractivity contribution is 0.204. The molecule has 0 fully saturated rings. The maximum atomic E-state index is 5.23. The van der Waals surface area contributed by atoms with Crippen LogP contribution in [-0.4, -0.2) is 25.4 Å². The molecule has 0 heterocycles. The van der Waals surface area contributed by atoms with Crippen molar-refractivity contribution in [1.29, 1.82) is 0 Å². The quantitative estimate of drug-likeness (QED) is 0.599. The Kier molecular flexibility index (Phi) is 6.89. The Hall–Kier alpha value is -1.56. The van der Waals surface area contributed by atoms with Crippen molar-refractivity contribution in [3.63, 3.8) is 0 Å². The zero-order valence-electron chi connectivity index (χ0n) is 13.7. The topological polar surface area (TPSA) is 33.3 Å². The maximum absolute atomic E-state index is 5.23. The van der Waals surface area contributed by atoms with Crippen LogP contribution in [0.3, 0.4) is 0 Å². The van der Waals surface area contributed by atoms with Crippen molar-refractivity contribution in [3.8, 4) is 0 Å². The highest BCUT2D eigenvalue weighted by atomic mass is 32.2. The minimum atomic E-state index is 0.608. The van der Waals surface area contributed by atoms with Crippen LogP contribution in [0.4, 0.5) is 5.69 Å². The number of rotatable bonds is 6. The van der Waals surface area contributed by atoms with E-state index in [1.165, 1.54) is 20.9 Å². The summed E-state index contributed by atoms with van der Waals surface area (Å²) in [5.41, 5.74) is 3.62. The Morgan fingerprint density at radius 2 is 1.74 bits per heavy atom. The number of thiocarbonyl (C=S) groups is 1. The standard InChI is InChI=1S/C18H22N2OS2/c1-13-4-7-17(12-14(13)2)23-16-8-5-15(6-9-16)20-18(22)19-10-11-21-3/h4-9,12H,10-11H2,1-3H3,(H2,19,20,22). The molecular weight excluding hydrogens is 324 g/mol. The van der Waals surface area contributed by atoms with E-state index in [0.29, 0.717) is 18.3 Å². The van der Waals surface area contributed by atoms with Gasteiger partial charge in [0, 0.05) is 29.1 Å². The third-order valence-electron chi connectivity index (χ3n) is 3.42. The second kappa shape index (κ2) is 8.91. The first kappa shape index (κ1) is 17.8. The van der Waals surface area contributed by atoms with Crippen LogP contribution in [0.5, 0.6) is 0 Å². The van der Waals surface area contributed by atoms with E-state index in [-0.39, 0.29) is 0 Å². The van der Waals surface area contributed by atoms with Gasteiger partial charge in [-0.1, -0.05) is 17.8 Å². The molecule has 2 aromatic rings. The fraction of sp³-hybridized carbons (Fsp3) is 0.278. The molecule has 0 bridgehead atoms. The van der Waals surface area contributed by atoms with Crippen molar-refractivity contribution in [2.24, 2.45) is 0 Å². The number of methoxy groups -OCH3 is 1. The Morgan fingerprint density at radius 3 is 2.39 bits per heavy atom. The number of benzene rings is 2. The predicted molar refractivity (Wildman–Crippen MR) is 103 cm³/mol. The van der Waals surface area contributed by atoms with Gasteiger partial charge in [0.2, 0.25) is 0 Å². The molecule has 0 unspecified atom stereocenters. The molecule has 0 atom stereocenters. The number of nitrogens with one attached hydrogen (secondary N) is 2. The normalized spacial score (nSPS) is 10.4.